The molecule has 6 aromatic rings. The van der Waals surface area contributed by atoms with Gasteiger partial charge in [-0.05, 0) is 65.2 Å². The predicted molar refractivity (Wildman–Crippen MR) is 160 cm³/mol. The number of anilines is 1. The molecule has 9 nitrogen and oxygen atoms in total. The first kappa shape index (κ1) is 25.9. The van der Waals surface area contributed by atoms with Gasteiger partial charge in [0.15, 0.2) is 17.5 Å². The molecule has 1 aliphatic rings. The first-order valence-electron chi connectivity index (χ1n) is 14.3. The van der Waals surface area contributed by atoms with E-state index in [0.29, 0.717) is 34.7 Å². The summed E-state index contributed by atoms with van der Waals surface area (Å²) in [6.45, 7) is 1.97. The number of fused-ring (bicyclic) bond motifs is 1. The van der Waals surface area contributed by atoms with Crippen LogP contribution in [0.25, 0.3) is 11.1 Å². The highest BCUT2D eigenvalue weighted by atomic mass is 16.5. The highest BCUT2D eigenvalue weighted by Gasteiger charge is 2.48. The average Bonchev–Trinajstić information content (AvgIpc) is 3.73. The van der Waals surface area contributed by atoms with Gasteiger partial charge in [-0.25, -0.2) is 5.10 Å². The molecule has 2 aromatic heterocycles. The predicted octanol–water partition coefficient (Wildman–Crippen LogP) is 5.66. The summed E-state index contributed by atoms with van der Waals surface area (Å²) in [5.74, 6) is 1.12. The topological polar surface area (TPSA) is 114 Å². The lowest BCUT2D eigenvalue weighted by atomic mass is 9.65. The summed E-state index contributed by atoms with van der Waals surface area (Å²) in [7, 11) is 0. The van der Waals surface area contributed by atoms with Crippen LogP contribution in [-0.2, 0) is 5.41 Å². The maximum Gasteiger partial charge on any atom is 0.295 e. The van der Waals surface area contributed by atoms with Crippen LogP contribution in [0.5, 0.6) is 5.75 Å². The van der Waals surface area contributed by atoms with Crippen molar-refractivity contribution in [2.24, 2.45) is 0 Å². The number of rotatable bonds is 9. The maximum absolute atomic E-state index is 6.97. The zero-order valence-electron chi connectivity index (χ0n) is 23.0. The third-order valence-corrected chi connectivity index (χ3v) is 7.97. The minimum absolute atomic E-state index is 0.335. The smallest absolute Gasteiger partial charge is 0.295 e. The first-order chi connectivity index (χ1) is 20.8. The van der Waals surface area contributed by atoms with Crippen molar-refractivity contribution in [2.75, 3.05) is 18.4 Å². The Hall–Kier alpha value is -5.02. The Labute approximate surface area is 243 Å². The Balaban J connectivity index is 1.36. The summed E-state index contributed by atoms with van der Waals surface area (Å²) >= 11 is 0. The van der Waals surface area contributed by atoms with E-state index in [1.54, 1.807) is 0 Å². The molecule has 42 heavy (non-hydrogen) atoms. The Kier molecular flexibility index (Phi) is 7.07. The van der Waals surface area contributed by atoms with Gasteiger partial charge in [-0.1, -0.05) is 91.0 Å². The molecule has 0 amide bonds. The molecule has 9 heteroatoms. The second-order valence-electron chi connectivity index (χ2n) is 10.5. The monoisotopic (exact) mass is 557 g/mol. The summed E-state index contributed by atoms with van der Waals surface area (Å²) in [5, 5.41) is 22.1. The lowest BCUT2D eigenvalue weighted by Crippen LogP contribution is -2.40. The normalized spacial score (nSPS) is 15.0. The van der Waals surface area contributed by atoms with E-state index in [0.717, 1.165) is 42.6 Å². The number of ether oxygens (including phenoxy) is 1. The molecule has 7 rings (SSSR count). The van der Waals surface area contributed by atoms with Crippen molar-refractivity contribution in [1.82, 2.24) is 30.9 Å². The van der Waals surface area contributed by atoms with Crippen LogP contribution in [0.1, 0.15) is 41.5 Å². The van der Waals surface area contributed by atoms with Gasteiger partial charge in [0.25, 0.3) is 6.01 Å². The van der Waals surface area contributed by atoms with Crippen molar-refractivity contribution in [3.05, 3.63) is 132 Å². The van der Waals surface area contributed by atoms with Crippen LogP contribution in [0.15, 0.2) is 114 Å². The highest BCUT2D eigenvalue weighted by molar-refractivity contribution is 5.76. The molecule has 1 atom stereocenters. The fraction of sp³-hybridized carbons (Fsp3) is 0.212. The number of piperidine rings is 1. The van der Waals surface area contributed by atoms with E-state index < -0.39 is 11.5 Å². The molecule has 0 saturated carbocycles. The molecule has 0 spiro atoms. The largest absolute Gasteiger partial charge is 0.481 e. The van der Waals surface area contributed by atoms with Crippen LogP contribution in [0.3, 0.4) is 0 Å². The zero-order chi connectivity index (χ0) is 28.2. The first-order valence-corrected chi connectivity index (χ1v) is 14.3. The fourth-order valence-electron chi connectivity index (χ4n) is 6.00. The SMILES string of the molecule is c1ccc(C(c2ccccc2)(c2ccccc2)C(Oc2ccc3oc(NC4CCNCC4)nc3c2)c2nnn[nH]2)cc1. The number of hydrogen-bond acceptors (Lipinski definition) is 8. The van der Waals surface area contributed by atoms with Gasteiger partial charge in [0.05, 0.1) is 5.41 Å². The maximum atomic E-state index is 6.97. The summed E-state index contributed by atoms with van der Waals surface area (Å²) in [6.07, 6.45) is 1.39. The van der Waals surface area contributed by atoms with Crippen LogP contribution in [0, 0.1) is 0 Å². The van der Waals surface area contributed by atoms with Crippen LogP contribution >= 0.6 is 0 Å². The van der Waals surface area contributed by atoms with Crippen molar-refractivity contribution < 1.29 is 9.15 Å². The van der Waals surface area contributed by atoms with E-state index in [-0.39, 0.29) is 0 Å². The molecule has 0 radical (unpaired) electrons. The van der Waals surface area contributed by atoms with Gasteiger partial charge < -0.3 is 19.8 Å². The van der Waals surface area contributed by atoms with E-state index in [9.17, 15) is 0 Å². The molecule has 3 N–H and O–H groups in total. The highest BCUT2D eigenvalue weighted by Crippen LogP contribution is 2.49. The minimum atomic E-state index is -0.814. The number of tetrazole rings is 1. The molecule has 1 saturated heterocycles. The number of aromatic nitrogens is 5. The number of benzene rings is 4. The number of H-pyrrole nitrogens is 1. The summed E-state index contributed by atoms with van der Waals surface area (Å²) in [5.41, 5.74) is 3.71. The molecule has 210 valence electrons. The summed E-state index contributed by atoms with van der Waals surface area (Å²) in [4.78, 5) is 4.75. The molecular formula is C33H31N7O2. The van der Waals surface area contributed by atoms with Crippen molar-refractivity contribution in [3.63, 3.8) is 0 Å². The lowest BCUT2D eigenvalue weighted by molar-refractivity contribution is 0.140. The quantitative estimate of drug-likeness (QED) is 0.195. The Morgan fingerprint density at radius 3 is 2.00 bits per heavy atom. The molecule has 1 unspecified atom stereocenters. The molecule has 1 fully saturated rings. The summed E-state index contributed by atoms with van der Waals surface area (Å²) in [6, 6.07) is 37.7. The van der Waals surface area contributed by atoms with Crippen molar-refractivity contribution >= 4 is 17.1 Å². The average molecular weight is 558 g/mol. The van der Waals surface area contributed by atoms with E-state index >= 15 is 0 Å². The van der Waals surface area contributed by atoms with E-state index in [2.05, 4.69) is 67.7 Å². The summed E-state index contributed by atoms with van der Waals surface area (Å²) < 4.78 is 13.0. The number of nitrogens with zero attached hydrogens (tertiary/aromatic N) is 4. The lowest BCUT2D eigenvalue weighted by Gasteiger charge is -2.41. The van der Waals surface area contributed by atoms with Gasteiger partial charge in [-0.3, -0.25) is 0 Å². The fourth-order valence-corrected chi connectivity index (χ4v) is 6.00. The number of oxazole rings is 1. The molecule has 1 aliphatic heterocycles. The van der Waals surface area contributed by atoms with Crippen LogP contribution in [0.4, 0.5) is 6.01 Å². The van der Waals surface area contributed by atoms with Gasteiger partial charge in [0.2, 0.25) is 0 Å². The van der Waals surface area contributed by atoms with Gasteiger partial charge in [-0.15, -0.1) is 5.10 Å². The minimum Gasteiger partial charge on any atom is -0.481 e. The van der Waals surface area contributed by atoms with Gasteiger partial charge in [-0.2, -0.15) is 4.98 Å². The van der Waals surface area contributed by atoms with Gasteiger partial charge >= 0.3 is 0 Å². The molecular weight excluding hydrogens is 526 g/mol. The second-order valence-corrected chi connectivity index (χ2v) is 10.5. The van der Waals surface area contributed by atoms with Crippen LogP contribution in [-0.4, -0.2) is 44.7 Å². The van der Waals surface area contributed by atoms with E-state index in [1.165, 1.54) is 0 Å². The number of hydrogen-bond donors (Lipinski definition) is 3. The standard InChI is InChI=1S/C33H31N7O2/c1-4-10-23(11-5-1)33(24-12-6-2-7-13-24,25-14-8-3-9-15-25)30(31-37-39-40-38-31)41-27-16-17-29-28(22-27)36-32(42-29)35-26-18-20-34-21-19-26/h1-17,22,26,30,34H,18-21H2,(H,35,36)(H,37,38,39,40). The molecule has 4 aromatic carbocycles. The van der Waals surface area contributed by atoms with Crippen LogP contribution in [0.2, 0.25) is 0 Å². The van der Waals surface area contributed by atoms with Crippen molar-refractivity contribution in [1.29, 1.82) is 0 Å². The third kappa shape index (κ3) is 4.88. The van der Waals surface area contributed by atoms with Crippen molar-refractivity contribution in [3.8, 4) is 5.75 Å². The van der Waals surface area contributed by atoms with Crippen LogP contribution < -0.4 is 15.4 Å². The van der Waals surface area contributed by atoms with Gasteiger partial charge in [0, 0.05) is 12.1 Å². The second kappa shape index (κ2) is 11.5. The van der Waals surface area contributed by atoms with Gasteiger partial charge in [0.1, 0.15) is 11.3 Å². The Bertz CT molecular complexity index is 1620. The molecule has 3 heterocycles. The third-order valence-electron chi connectivity index (χ3n) is 7.97. The van der Waals surface area contributed by atoms with E-state index in [4.69, 9.17) is 14.1 Å². The van der Waals surface area contributed by atoms with E-state index in [1.807, 2.05) is 72.8 Å². The number of nitrogens with one attached hydrogen (secondary N) is 3. The Morgan fingerprint density at radius 2 is 1.43 bits per heavy atom. The molecule has 0 aliphatic carbocycles. The number of aromatic amines is 1. The zero-order valence-corrected chi connectivity index (χ0v) is 23.0. The Morgan fingerprint density at radius 1 is 0.810 bits per heavy atom. The van der Waals surface area contributed by atoms with Crippen molar-refractivity contribution in [2.45, 2.75) is 30.4 Å². The molecule has 0 bridgehead atoms.